The van der Waals surface area contributed by atoms with Crippen LogP contribution in [-0.4, -0.2) is 18.0 Å². The predicted molar refractivity (Wildman–Crippen MR) is 72.2 cm³/mol. The van der Waals surface area contributed by atoms with Gasteiger partial charge in [0.1, 0.15) is 11.5 Å². The van der Waals surface area contributed by atoms with Crippen LogP contribution in [0, 0.1) is 0 Å². The molecule has 2 aromatic rings. The largest absolute Gasteiger partial charge is 0.508 e. The van der Waals surface area contributed by atoms with Crippen LogP contribution in [0.15, 0.2) is 46.9 Å². The van der Waals surface area contributed by atoms with Crippen molar-refractivity contribution in [3.63, 3.8) is 0 Å². The van der Waals surface area contributed by atoms with Crippen LogP contribution < -0.4 is 4.74 Å². The van der Waals surface area contributed by atoms with E-state index in [0.29, 0.717) is 16.9 Å². The van der Waals surface area contributed by atoms with Gasteiger partial charge in [-0.05, 0) is 46.3 Å². The SMILES string of the molecule is COc1ccc(C(=O)c2cccc(O)c2)cc1Br. The van der Waals surface area contributed by atoms with Crippen LogP contribution in [0.4, 0.5) is 0 Å². The van der Waals surface area contributed by atoms with Crippen LogP contribution >= 0.6 is 15.9 Å². The number of ether oxygens (including phenoxy) is 1. The van der Waals surface area contributed by atoms with Crippen molar-refractivity contribution in [1.82, 2.24) is 0 Å². The molecule has 2 aromatic carbocycles. The van der Waals surface area contributed by atoms with Crippen LogP contribution in [0.2, 0.25) is 0 Å². The molecule has 0 aliphatic carbocycles. The summed E-state index contributed by atoms with van der Waals surface area (Å²) in [7, 11) is 1.57. The molecule has 2 rings (SSSR count). The van der Waals surface area contributed by atoms with Crippen molar-refractivity contribution in [2.45, 2.75) is 0 Å². The topological polar surface area (TPSA) is 46.5 Å². The molecule has 1 N–H and O–H groups in total. The first-order chi connectivity index (χ1) is 8.61. The lowest BCUT2D eigenvalue weighted by Crippen LogP contribution is -2.01. The van der Waals surface area contributed by atoms with Crippen molar-refractivity contribution in [2.24, 2.45) is 0 Å². The van der Waals surface area contributed by atoms with Gasteiger partial charge in [-0.2, -0.15) is 0 Å². The highest BCUT2D eigenvalue weighted by Gasteiger charge is 2.11. The third-order valence-corrected chi connectivity index (χ3v) is 3.14. The van der Waals surface area contributed by atoms with Gasteiger partial charge in [0.2, 0.25) is 0 Å². The Labute approximate surface area is 113 Å². The fraction of sp³-hybridized carbons (Fsp3) is 0.0714. The Hall–Kier alpha value is -1.81. The van der Waals surface area contributed by atoms with Gasteiger partial charge >= 0.3 is 0 Å². The van der Waals surface area contributed by atoms with Gasteiger partial charge in [0.25, 0.3) is 0 Å². The van der Waals surface area contributed by atoms with Crippen molar-refractivity contribution < 1.29 is 14.6 Å². The van der Waals surface area contributed by atoms with E-state index in [9.17, 15) is 9.90 Å². The third-order valence-electron chi connectivity index (χ3n) is 2.52. The maximum atomic E-state index is 12.2. The van der Waals surface area contributed by atoms with Crippen molar-refractivity contribution in [1.29, 1.82) is 0 Å². The lowest BCUT2D eigenvalue weighted by Gasteiger charge is -2.06. The second-order valence-corrected chi connectivity index (χ2v) is 4.58. The fourth-order valence-corrected chi connectivity index (χ4v) is 2.16. The van der Waals surface area contributed by atoms with Crippen molar-refractivity contribution in [2.75, 3.05) is 7.11 Å². The van der Waals surface area contributed by atoms with Gasteiger partial charge in [-0.1, -0.05) is 12.1 Å². The summed E-state index contributed by atoms with van der Waals surface area (Å²) in [6.07, 6.45) is 0. The summed E-state index contributed by atoms with van der Waals surface area (Å²) in [5.74, 6) is 0.602. The van der Waals surface area contributed by atoms with Gasteiger partial charge in [0, 0.05) is 11.1 Å². The number of benzene rings is 2. The number of carbonyl (C=O) groups excluding carboxylic acids is 1. The Morgan fingerprint density at radius 2 is 1.89 bits per heavy atom. The van der Waals surface area contributed by atoms with Gasteiger partial charge < -0.3 is 9.84 Å². The van der Waals surface area contributed by atoms with Crippen molar-refractivity contribution in [3.8, 4) is 11.5 Å². The van der Waals surface area contributed by atoms with Gasteiger partial charge in [-0.15, -0.1) is 0 Å². The minimum absolute atomic E-state index is 0.0772. The summed E-state index contributed by atoms with van der Waals surface area (Å²) < 4.78 is 5.82. The lowest BCUT2D eigenvalue weighted by atomic mass is 10.0. The number of rotatable bonds is 3. The molecule has 0 saturated carbocycles. The molecule has 0 unspecified atom stereocenters. The number of hydrogen-bond donors (Lipinski definition) is 1. The number of halogens is 1. The summed E-state index contributed by atoms with van der Waals surface area (Å²) in [5, 5.41) is 9.36. The van der Waals surface area contributed by atoms with E-state index in [4.69, 9.17) is 4.74 Å². The second-order valence-electron chi connectivity index (χ2n) is 3.73. The Kier molecular flexibility index (Phi) is 3.67. The molecule has 0 bridgehead atoms. The first-order valence-electron chi connectivity index (χ1n) is 5.29. The molecule has 0 atom stereocenters. The Balaban J connectivity index is 2.37. The Morgan fingerprint density at radius 3 is 2.50 bits per heavy atom. The predicted octanol–water partition coefficient (Wildman–Crippen LogP) is 3.39. The van der Waals surface area contributed by atoms with Gasteiger partial charge in [0.15, 0.2) is 5.78 Å². The molecule has 4 heteroatoms. The fourth-order valence-electron chi connectivity index (χ4n) is 1.62. The van der Waals surface area contributed by atoms with Crippen LogP contribution in [0.25, 0.3) is 0 Å². The quantitative estimate of drug-likeness (QED) is 0.884. The highest BCUT2D eigenvalue weighted by atomic mass is 79.9. The Bertz CT molecular complexity index is 593. The van der Waals surface area contributed by atoms with Crippen LogP contribution in [-0.2, 0) is 0 Å². The molecule has 0 amide bonds. The molecule has 0 aliphatic heterocycles. The molecule has 0 aromatic heterocycles. The first kappa shape index (κ1) is 12.6. The number of ketones is 1. The molecule has 0 heterocycles. The summed E-state index contributed by atoms with van der Waals surface area (Å²) in [4.78, 5) is 12.2. The number of phenols is 1. The molecule has 0 spiro atoms. The first-order valence-corrected chi connectivity index (χ1v) is 6.08. The summed E-state index contributed by atoms with van der Waals surface area (Å²) in [6, 6.07) is 11.4. The Morgan fingerprint density at radius 1 is 1.17 bits per heavy atom. The molecule has 3 nitrogen and oxygen atoms in total. The van der Waals surface area contributed by atoms with Crippen molar-refractivity contribution >= 4 is 21.7 Å². The molecular formula is C14H11BrO3. The molecule has 18 heavy (non-hydrogen) atoms. The zero-order chi connectivity index (χ0) is 13.1. The zero-order valence-electron chi connectivity index (χ0n) is 9.68. The smallest absolute Gasteiger partial charge is 0.193 e. The average molecular weight is 307 g/mol. The maximum absolute atomic E-state index is 12.2. The van der Waals surface area contributed by atoms with E-state index in [1.165, 1.54) is 12.1 Å². The highest BCUT2D eigenvalue weighted by Crippen LogP contribution is 2.26. The van der Waals surface area contributed by atoms with Crippen LogP contribution in [0.3, 0.4) is 0 Å². The van der Waals surface area contributed by atoms with E-state index in [0.717, 1.165) is 4.47 Å². The number of phenolic OH excluding ortho intramolecular Hbond substituents is 1. The van der Waals surface area contributed by atoms with Gasteiger partial charge in [-0.25, -0.2) is 0 Å². The van der Waals surface area contributed by atoms with Gasteiger partial charge in [-0.3, -0.25) is 4.79 Å². The monoisotopic (exact) mass is 306 g/mol. The van der Waals surface area contributed by atoms with Crippen molar-refractivity contribution in [3.05, 3.63) is 58.1 Å². The third kappa shape index (κ3) is 2.54. The summed E-state index contributed by atoms with van der Waals surface area (Å²) in [5.41, 5.74) is 0.986. The maximum Gasteiger partial charge on any atom is 0.193 e. The summed E-state index contributed by atoms with van der Waals surface area (Å²) in [6.45, 7) is 0. The van der Waals surface area contributed by atoms with E-state index in [-0.39, 0.29) is 11.5 Å². The summed E-state index contributed by atoms with van der Waals surface area (Å²) >= 11 is 3.34. The minimum atomic E-state index is -0.144. The van der Waals surface area contributed by atoms with E-state index >= 15 is 0 Å². The number of methoxy groups -OCH3 is 1. The molecule has 92 valence electrons. The number of hydrogen-bond acceptors (Lipinski definition) is 3. The molecule has 0 radical (unpaired) electrons. The minimum Gasteiger partial charge on any atom is -0.508 e. The van der Waals surface area contributed by atoms with E-state index in [1.54, 1.807) is 37.4 Å². The highest BCUT2D eigenvalue weighted by molar-refractivity contribution is 9.10. The standard InChI is InChI=1S/C14H11BrO3/c1-18-13-6-5-10(8-12(13)15)14(17)9-3-2-4-11(16)7-9/h2-8,16H,1H3. The normalized spacial score (nSPS) is 10.1. The second kappa shape index (κ2) is 5.23. The van der Waals surface area contributed by atoms with Crippen LogP contribution in [0.1, 0.15) is 15.9 Å². The molecule has 0 fully saturated rings. The zero-order valence-corrected chi connectivity index (χ0v) is 11.3. The number of aromatic hydroxyl groups is 1. The van der Waals surface area contributed by atoms with Gasteiger partial charge in [0.05, 0.1) is 11.6 Å². The molecule has 0 saturated heterocycles. The van der Waals surface area contributed by atoms with E-state index in [2.05, 4.69) is 15.9 Å². The van der Waals surface area contributed by atoms with E-state index < -0.39 is 0 Å². The van der Waals surface area contributed by atoms with Crippen LogP contribution in [0.5, 0.6) is 11.5 Å². The number of carbonyl (C=O) groups is 1. The lowest BCUT2D eigenvalue weighted by molar-refractivity contribution is 0.103. The van der Waals surface area contributed by atoms with E-state index in [1.807, 2.05) is 0 Å². The molecule has 0 aliphatic rings. The molecular weight excluding hydrogens is 296 g/mol. The average Bonchev–Trinajstić information content (AvgIpc) is 2.37.